The third-order valence-corrected chi connectivity index (χ3v) is 7.63. The lowest BCUT2D eigenvalue weighted by molar-refractivity contribution is 0.261. The maximum absolute atomic E-state index is 12.6. The molecule has 5 rings (SSSR count). The number of nitrogens with zero attached hydrogens (tertiary/aromatic N) is 6. The monoisotopic (exact) mass is 502 g/mol. The van der Waals surface area contributed by atoms with Crippen LogP contribution in [-0.4, -0.2) is 64.6 Å². The SMILES string of the molecule is [C-]#[N+]CC1CCN(c2nc(Nc3ccc(N4CCC(CCCO)CC4)cc3)c3c(=O)[nH]ncc3n2)CC1. The minimum Gasteiger partial charge on any atom is -0.396 e. The van der Waals surface area contributed by atoms with Gasteiger partial charge in [-0.15, -0.1) is 0 Å². The predicted octanol–water partition coefficient (Wildman–Crippen LogP) is 3.58. The molecule has 2 aromatic heterocycles. The van der Waals surface area contributed by atoms with Crippen molar-refractivity contribution in [1.82, 2.24) is 20.2 Å². The molecule has 4 heterocycles. The first kappa shape index (κ1) is 25.0. The summed E-state index contributed by atoms with van der Waals surface area (Å²) in [5.41, 5.74) is 2.20. The number of aliphatic hydroxyl groups excluding tert-OH is 1. The molecule has 0 unspecified atom stereocenters. The predicted molar refractivity (Wildman–Crippen MR) is 145 cm³/mol. The lowest BCUT2D eigenvalue weighted by Crippen LogP contribution is -2.35. The number of rotatable bonds is 8. The molecule has 0 radical (unpaired) electrons. The van der Waals surface area contributed by atoms with Crippen molar-refractivity contribution in [2.24, 2.45) is 11.8 Å². The number of benzene rings is 1. The molecule has 194 valence electrons. The van der Waals surface area contributed by atoms with Gasteiger partial charge in [0, 0.05) is 50.1 Å². The number of piperidine rings is 2. The molecular weight excluding hydrogens is 468 g/mol. The largest absolute Gasteiger partial charge is 0.396 e. The third kappa shape index (κ3) is 5.83. The average molecular weight is 503 g/mol. The second-order valence-electron chi connectivity index (χ2n) is 10.1. The van der Waals surface area contributed by atoms with Gasteiger partial charge in [0.1, 0.15) is 16.7 Å². The van der Waals surface area contributed by atoms with Gasteiger partial charge in [-0.25, -0.2) is 16.7 Å². The third-order valence-electron chi connectivity index (χ3n) is 7.63. The van der Waals surface area contributed by atoms with Crippen molar-refractivity contribution in [3.05, 3.63) is 52.2 Å². The summed E-state index contributed by atoms with van der Waals surface area (Å²) >= 11 is 0. The Labute approximate surface area is 216 Å². The molecule has 37 heavy (non-hydrogen) atoms. The van der Waals surface area contributed by atoms with E-state index in [1.807, 2.05) is 12.1 Å². The van der Waals surface area contributed by atoms with E-state index < -0.39 is 0 Å². The van der Waals surface area contributed by atoms with Crippen LogP contribution in [0.4, 0.5) is 23.1 Å². The van der Waals surface area contributed by atoms with Gasteiger partial charge in [-0.3, -0.25) is 4.79 Å². The lowest BCUT2D eigenvalue weighted by Gasteiger charge is -2.33. The fourth-order valence-corrected chi connectivity index (χ4v) is 5.42. The molecule has 0 saturated carbocycles. The van der Waals surface area contributed by atoms with Crippen molar-refractivity contribution >= 4 is 34.0 Å². The van der Waals surface area contributed by atoms with Crippen LogP contribution < -0.4 is 20.7 Å². The number of aromatic amines is 1. The van der Waals surface area contributed by atoms with Gasteiger partial charge in [0.05, 0.1) is 6.20 Å². The van der Waals surface area contributed by atoms with E-state index in [0.29, 0.717) is 41.0 Å². The zero-order chi connectivity index (χ0) is 25.6. The Morgan fingerprint density at radius 3 is 2.43 bits per heavy atom. The van der Waals surface area contributed by atoms with Gasteiger partial charge in [-0.2, -0.15) is 10.1 Å². The Morgan fingerprint density at radius 2 is 1.73 bits per heavy atom. The van der Waals surface area contributed by atoms with E-state index in [4.69, 9.17) is 16.7 Å². The fourth-order valence-electron chi connectivity index (χ4n) is 5.42. The van der Waals surface area contributed by atoms with Crippen LogP contribution in [0.2, 0.25) is 0 Å². The Balaban J connectivity index is 1.32. The molecule has 0 aliphatic carbocycles. The lowest BCUT2D eigenvalue weighted by atomic mass is 9.92. The fraction of sp³-hybridized carbons (Fsp3) is 0.519. The average Bonchev–Trinajstić information content (AvgIpc) is 2.93. The molecular formula is C27H34N8O2. The van der Waals surface area contributed by atoms with Crippen LogP contribution in [0.3, 0.4) is 0 Å². The normalized spacial score (nSPS) is 17.2. The van der Waals surface area contributed by atoms with Gasteiger partial charge in [0.15, 0.2) is 0 Å². The molecule has 0 atom stereocenters. The van der Waals surface area contributed by atoms with E-state index in [1.165, 1.54) is 5.69 Å². The van der Waals surface area contributed by atoms with E-state index in [2.05, 4.69) is 47.3 Å². The van der Waals surface area contributed by atoms with Gasteiger partial charge < -0.3 is 25.1 Å². The number of aromatic nitrogens is 4. The van der Waals surface area contributed by atoms with Crippen LogP contribution in [0.1, 0.15) is 38.5 Å². The number of hydrogen-bond donors (Lipinski definition) is 3. The number of anilines is 4. The van der Waals surface area contributed by atoms with Crippen molar-refractivity contribution in [2.75, 3.05) is 54.4 Å². The summed E-state index contributed by atoms with van der Waals surface area (Å²) in [6.07, 6.45) is 7.73. The minimum atomic E-state index is -0.331. The molecule has 3 N–H and O–H groups in total. The Hall–Kier alpha value is -3.71. The summed E-state index contributed by atoms with van der Waals surface area (Å²) in [6, 6.07) is 8.25. The molecule has 1 aromatic carbocycles. The van der Waals surface area contributed by atoms with Gasteiger partial charge >= 0.3 is 0 Å². The molecule has 3 aromatic rings. The second kappa shape index (κ2) is 11.6. The molecule has 2 saturated heterocycles. The van der Waals surface area contributed by atoms with Crippen molar-refractivity contribution in [3.8, 4) is 0 Å². The zero-order valence-corrected chi connectivity index (χ0v) is 21.1. The molecule has 10 heteroatoms. The molecule has 2 aliphatic heterocycles. The number of fused-ring (bicyclic) bond motifs is 1. The quantitative estimate of drug-likeness (QED) is 0.401. The first-order chi connectivity index (χ1) is 18.1. The maximum atomic E-state index is 12.6. The molecule has 2 aliphatic rings. The summed E-state index contributed by atoms with van der Waals surface area (Å²) in [7, 11) is 0. The Morgan fingerprint density at radius 1 is 1.03 bits per heavy atom. The smallest absolute Gasteiger partial charge is 0.277 e. The van der Waals surface area contributed by atoms with E-state index in [0.717, 1.165) is 70.4 Å². The number of hydrogen-bond acceptors (Lipinski definition) is 8. The zero-order valence-electron chi connectivity index (χ0n) is 21.1. The minimum absolute atomic E-state index is 0.280. The van der Waals surface area contributed by atoms with Crippen molar-refractivity contribution in [2.45, 2.75) is 38.5 Å². The topological polar surface area (TPSA) is 115 Å². The van der Waals surface area contributed by atoms with Gasteiger partial charge in [-0.05, 0) is 68.7 Å². The summed E-state index contributed by atoms with van der Waals surface area (Å²) in [6.45, 7) is 11.6. The highest BCUT2D eigenvalue weighted by molar-refractivity contribution is 5.90. The number of nitrogens with one attached hydrogen (secondary N) is 2. The van der Waals surface area contributed by atoms with Crippen molar-refractivity contribution in [1.29, 1.82) is 0 Å². The van der Waals surface area contributed by atoms with E-state index in [1.54, 1.807) is 6.20 Å². The summed E-state index contributed by atoms with van der Waals surface area (Å²) in [5.74, 6) is 2.16. The molecule has 10 nitrogen and oxygen atoms in total. The molecule has 0 spiro atoms. The van der Waals surface area contributed by atoms with Crippen LogP contribution in [0, 0.1) is 18.4 Å². The van der Waals surface area contributed by atoms with Gasteiger partial charge in [0.2, 0.25) is 12.5 Å². The van der Waals surface area contributed by atoms with Crippen LogP contribution >= 0.6 is 0 Å². The van der Waals surface area contributed by atoms with E-state index in [9.17, 15) is 4.79 Å². The van der Waals surface area contributed by atoms with Gasteiger partial charge in [-0.1, -0.05) is 0 Å². The standard InChI is InChI=1S/C27H34N8O2/c1-28-17-20-10-14-35(15-11-20)27-31-23-18-29-33-26(37)24(23)25(32-27)30-21-4-6-22(7-5-21)34-12-8-19(9-13-34)3-2-16-36/h4-7,18-20,36H,2-3,8-17H2,(H,33,37)(H,30,31,32). The molecule has 2 fully saturated rings. The van der Waals surface area contributed by atoms with Crippen molar-refractivity contribution in [3.63, 3.8) is 0 Å². The van der Waals surface area contributed by atoms with E-state index >= 15 is 0 Å². The van der Waals surface area contributed by atoms with E-state index in [-0.39, 0.29) is 12.2 Å². The Bertz CT molecular complexity index is 1290. The number of H-pyrrole nitrogens is 1. The molecule has 0 amide bonds. The second-order valence-corrected chi connectivity index (χ2v) is 10.1. The molecule has 0 bridgehead atoms. The highest BCUT2D eigenvalue weighted by Gasteiger charge is 2.24. The summed E-state index contributed by atoms with van der Waals surface area (Å²) in [4.78, 5) is 30.1. The summed E-state index contributed by atoms with van der Waals surface area (Å²) in [5, 5.41) is 19.3. The van der Waals surface area contributed by atoms with Crippen LogP contribution in [0.15, 0.2) is 35.3 Å². The van der Waals surface area contributed by atoms with Crippen LogP contribution in [-0.2, 0) is 0 Å². The van der Waals surface area contributed by atoms with Crippen LogP contribution in [0.25, 0.3) is 15.7 Å². The highest BCUT2D eigenvalue weighted by atomic mass is 16.3. The summed E-state index contributed by atoms with van der Waals surface area (Å²) < 4.78 is 0. The maximum Gasteiger partial charge on any atom is 0.277 e. The first-order valence-corrected chi connectivity index (χ1v) is 13.2. The van der Waals surface area contributed by atoms with Gasteiger partial charge in [0.25, 0.3) is 5.56 Å². The van der Waals surface area contributed by atoms with Crippen molar-refractivity contribution < 1.29 is 5.11 Å². The number of aliphatic hydroxyl groups is 1. The highest BCUT2D eigenvalue weighted by Crippen LogP contribution is 2.29. The van der Waals surface area contributed by atoms with Crippen LogP contribution in [0.5, 0.6) is 0 Å². The Kier molecular flexibility index (Phi) is 7.80. The first-order valence-electron chi connectivity index (χ1n) is 13.2.